The van der Waals surface area contributed by atoms with Crippen molar-refractivity contribution < 1.29 is 14.3 Å². The van der Waals surface area contributed by atoms with Crippen LogP contribution in [-0.2, 0) is 16.1 Å². The Morgan fingerprint density at radius 3 is 2.41 bits per heavy atom. The molecule has 0 aromatic heterocycles. The fourth-order valence-corrected chi connectivity index (χ4v) is 3.88. The molecule has 154 valence electrons. The fraction of sp³-hybridized carbons (Fsp3) is 0.391. The summed E-state index contributed by atoms with van der Waals surface area (Å²) in [5.74, 6) is -0.0120. The van der Waals surface area contributed by atoms with Gasteiger partial charge in [-0.3, -0.25) is 4.79 Å². The number of ether oxygens (including phenoxy) is 1. The summed E-state index contributed by atoms with van der Waals surface area (Å²) in [5.41, 5.74) is 10.6. The summed E-state index contributed by atoms with van der Waals surface area (Å²) in [6.07, 6.45) is -0.0243. The van der Waals surface area contributed by atoms with E-state index in [2.05, 4.69) is 11.4 Å². The Hall–Kier alpha value is -2.86. The number of carbonyl (C=O) groups is 2. The minimum atomic E-state index is -0.447. The van der Waals surface area contributed by atoms with Crippen LogP contribution in [0.1, 0.15) is 51.3 Å². The van der Waals surface area contributed by atoms with Crippen LogP contribution in [0, 0.1) is 0 Å². The highest BCUT2D eigenvalue weighted by Crippen LogP contribution is 2.39. The molecular weight excluding hydrogens is 366 g/mol. The van der Waals surface area contributed by atoms with E-state index < -0.39 is 6.09 Å². The zero-order chi connectivity index (χ0) is 21.1. The molecule has 2 atom stereocenters. The molecule has 1 aliphatic heterocycles. The van der Waals surface area contributed by atoms with E-state index in [1.54, 1.807) is 11.8 Å². The van der Waals surface area contributed by atoms with E-state index in [0.717, 1.165) is 27.9 Å². The molecule has 0 spiro atoms. The van der Waals surface area contributed by atoms with Crippen molar-refractivity contribution in [3.8, 4) is 11.1 Å². The van der Waals surface area contributed by atoms with Crippen molar-refractivity contribution in [2.45, 2.75) is 58.8 Å². The van der Waals surface area contributed by atoms with Gasteiger partial charge in [-0.05, 0) is 61.6 Å². The van der Waals surface area contributed by atoms with Crippen LogP contribution in [0.3, 0.4) is 0 Å². The van der Waals surface area contributed by atoms with Crippen LogP contribution in [0.4, 0.5) is 10.5 Å². The van der Waals surface area contributed by atoms with Crippen LogP contribution in [-0.4, -0.2) is 24.1 Å². The van der Waals surface area contributed by atoms with Gasteiger partial charge in [-0.1, -0.05) is 30.3 Å². The number of amides is 2. The molecule has 0 bridgehead atoms. The Balaban J connectivity index is 2.00. The van der Waals surface area contributed by atoms with Crippen LogP contribution in [0.25, 0.3) is 11.1 Å². The molecule has 2 aromatic carbocycles. The average Bonchev–Trinajstić information content (AvgIpc) is 2.67. The average molecular weight is 396 g/mol. The minimum absolute atomic E-state index is 0.0120. The second-order valence-corrected chi connectivity index (χ2v) is 7.80. The van der Waals surface area contributed by atoms with E-state index in [4.69, 9.17) is 10.5 Å². The van der Waals surface area contributed by atoms with E-state index >= 15 is 0 Å². The number of rotatable bonds is 4. The largest absolute Gasteiger partial charge is 0.447 e. The Morgan fingerprint density at radius 2 is 1.83 bits per heavy atom. The van der Waals surface area contributed by atoms with Crippen molar-refractivity contribution in [3.63, 3.8) is 0 Å². The molecule has 0 fully saturated rings. The second kappa shape index (κ2) is 8.66. The van der Waals surface area contributed by atoms with Crippen molar-refractivity contribution in [2.24, 2.45) is 5.73 Å². The van der Waals surface area contributed by atoms with Gasteiger partial charge in [-0.25, -0.2) is 4.79 Å². The maximum absolute atomic E-state index is 12.3. The van der Waals surface area contributed by atoms with Crippen LogP contribution in [0.2, 0.25) is 0 Å². The molecule has 2 aromatic rings. The number of nitrogens with one attached hydrogen (secondary N) is 1. The van der Waals surface area contributed by atoms with Crippen molar-refractivity contribution in [1.82, 2.24) is 5.32 Å². The lowest BCUT2D eigenvalue weighted by atomic mass is 9.89. The first-order valence-corrected chi connectivity index (χ1v) is 10.0. The third-order valence-electron chi connectivity index (χ3n) is 5.18. The summed E-state index contributed by atoms with van der Waals surface area (Å²) in [6.45, 7) is 7.70. The maximum Gasteiger partial charge on any atom is 0.407 e. The van der Waals surface area contributed by atoms with E-state index in [1.165, 1.54) is 0 Å². The van der Waals surface area contributed by atoms with Crippen LogP contribution in [0.15, 0.2) is 42.5 Å². The Bertz CT molecular complexity index is 893. The monoisotopic (exact) mass is 395 g/mol. The Kier molecular flexibility index (Phi) is 6.23. The summed E-state index contributed by atoms with van der Waals surface area (Å²) in [5, 5.41) is 2.98. The summed E-state index contributed by atoms with van der Waals surface area (Å²) in [7, 11) is 0. The Labute approximate surface area is 172 Å². The maximum atomic E-state index is 12.3. The number of carbonyl (C=O) groups excluding carboxylic acids is 2. The van der Waals surface area contributed by atoms with E-state index in [0.29, 0.717) is 13.0 Å². The lowest BCUT2D eigenvalue weighted by Crippen LogP contribution is -2.45. The van der Waals surface area contributed by atoms with Crippen molar-refractivity contribution >= 4 is 17.7 Å². The number of hydrogen-bond acceptors (Lipinski definition) is 4. The predicted molar refractivity (Wildman–Crippen MR) is 115 cm³/mol. The molecule has 3 rings (SSSR count). The third-order valence-corrected chi connectivity index (χ3v) is 5.18. The molecule has 1 aliphatic rings. The van der Waals surface area contributed by atoms with Crippen LogP contribution < -0.4 is 16.0 Å². The number of benzene rings is 2. The smallest absolute Gasteiger partial charge is 0.407 e. The molecule has 0 aliphatic carbocycles. The van der Waals surface area contributed by atoms with E-state index in [-0.39, 0.29) is 24.1 Å². The number of hydrogen-bond donors (Lipinski definition) is 2. The van der Waals surface area contributed by atoms with Gasteiger partial charge in [-0.2, -0.15) is 0 Å². The highest BCUT2D eigenvalue weighted by molar-refractivity contribution is 5.94. The summed E-state index contributed by atoms with van der Waals surface area (Å²) in [6, 6.07) is 13.8. The second-order valence-electron chi connectivity index (χ2n) is 7.80. The van der Waals surface area contributed by atoms with E-state index in [1.807, 2.05) is 57.2 Å². The molecule has 0 saturated heterocycles. The Morgan fingerprint density at radius 1 is 1.17 bits per heavy atom. The van der Waals surface area contributed by atoms with Gasteiger partial charge in [0.1, 0.15) is 0 Å². The lowest BCUT2D eigenvalue weighted by molar-refractivity contribution is -0.117. The van der Waals surface area contributed by atoms with Gasteiger partial charge in [0.05, 0.1) is 12.1 Å². The summed E-state index contributed by atoms with van der Waals surface area (Å²) in [4.78, 5) is 26.3. The first-order valence-electron chi connectivity index (χ1n) is 10.0. The van der Waals surface area contributed by atoms with Gasteiger partial charge in [0, 0.05) is 25.2 Å². The van der Waals surface area contributed by atoms with Gasteiger partial charge in [-0.15, -0.1) is 0 Å². The highest BCUT2D eigenvalue weighted by Gasteiger charge is 2.33. The quantitative estimate of drug-likeness (QED) is 0.815. The molecule has 0 saturated carbocycles. The molecule has 2 amide bonds. The van der Waals surface area contributed by atoms with Crippen molar-refractivity contribution in [2.75, 3.05) is 4.90 Å². The molecule has 29 heavy (non-hydrogen) atoms. The third kappa shape index (κ3) is 4.59. The van der Waals surface area contributed by atoms with Crippen LogP contribution in [0.5, 0.6) is 0 Å². The highest BCUT2D eigenvalue weighted by atomic mass is 16.6. The zero-order valence-electron chi connectivity index (χ0n) is 17.4. The molecule has 1 heterocycles. The van der Waals surface area contributed by atoms with Gasteiger partial charge in [0.15, 0.2) is 0 Å². The van der Waals surface area contributed by atoms with Gasteiger partial charge < -0.3 is 20.7 Å². The molecule has 6 nitrogen and oxygen atoms in total. The molecular formula is C23H29N3O3. The normalized spacial score (nSPS) is 18.3. The standard InChI is InChI=1S/C23H29N3O3/c1-14(2)29-23(28)25-21-11-15(3)26(16(4)27)22-10-9-19(12-20(21)22)18-7-5-17(13-24)6-8-18/h5-10,12,14-15,21H,11,13,24H2,1-4H3,(H,25,28)/t15-,21?/m1/s1. The number of anilines is 1. The summed E-state index contributed by atoms with van der Waals surface area (Å²) < 4.78 is 5.28. The number of nitrogens with zero attached hydrogens (tertiary/aromatic N) is 1. The molecule has 3 N–H and O–H groups in total. The first kappa shape index (κ1) is 20.9. The van der Waals surface area contributed by atoms with Crippen molar-refractivity contribution in [1.29, 1.82) is 0 Å². The topological polar surface area (TPSA) is 84.7 Å². The molecule has 6 heteroatoms. The zero-order valence-corrected chi connectivity index (χ0v) is 17.4. The van der Waals surface area contributed by atoms with Gasteiger partial charge >= 0.3 is 6.09 Å². The lowest BCUT2D eigenvalue weighted by Gasteiger charge is -2.39. The SMILES string of the molecule is CC(=O)N1c2ccc(-c3ccc(CN)cc3)cc2C(NC(=O)OC(C)C)C[C@H]1C. The predicted octanol–water partition coefficient (Wildman–Crippen LogP) is 4.13. The number of nitrogens with two attached hydrogens (primary N) is 1. The van der Waals surface area contributed by atoms with Gasteiger partial charge in [0.2, 0.25) is 5.91 Å². The number of fused-ring (bicyclic) bond motifs is 1. The fourth-order valence-electron chi connectivity index (χ4n) is 3.88. The number of alkyl carbamates (subject to hydrolysis) is 1. The molecule has 0 radical (unpaired) electrons. The van der Waals surface area contributed by atoms with Crippen LogP contribution >= 0.6 is 0 Å². The summed E-state index contributed by atoms with van der Waals surface area (Å²) >= 11 is 0. The van der Waals surface area contributed by atoms with Crippen molar-refractivity contribution in [3.05, 3.63) is 53.6 Å². The van der Waals surface area contributed by atoms with Gasteiger partial charge in [0.25, 0.3) is 0 Å². The minimum Gasteiger partial charge on any atom is -0.447 e. The molecule has 1 unspecified atom stereocenters. The van der Waals surface area contributed by atoms with E-state index in [9.17, 15) is 9.59 Å². The first-order chi connectivity index (χ1) is 13.8.